The first-order chi connectivity index (χ1) is 20.7. The van der Waals surface area contributed by atoms with Crippen molar-refractivity contribution in [2.75, 3.05) is 57.0 Å². The van der Waals surface area contributed by atoms with Crippen LogP contribution in [-0.4, -0.2) is 79.0 Å². The molecule has 13 heteroatoms. The molecule has 43 heavy (non-hydrogen) atoms. The average molecular weight is 626 g/mol. The van der Waals surface area contributed by atoms with Crippen LogP contribution in [-0.2, 0) is 4.74 Å². The van der Waals surface area contributed by atoms with Crippen LogP contribution < -0.4 is 20.7 Å². The average Bonchev–Trinajstić information content (AvgIpc) is 3.56. The molecule has 0 saturated carbocycles. The number of fused-ring (bicyclic) bond motifs is 2. The van der Waals surface area contributed by atoms with Crippen LogP contribution in [0.5, 0.6) is 6.01 Å². The highest BCUT2D eigenvalue weighted by atomic mass is 35.5. The molecule has 1 spiro atoms. The van der Waals surface area contributed by atoms with Gasteiger partial charge in [0.05, 0.1) is 28.4 Å². The third kappa shape index (κ3) is 4.65. The highest BCUT2D eigenvalue weighted by molar-refractivity contribution is 7.23. The Hall–Kier alpha value is -3.34. The fraction of sp³-hybridized carbons (Fsp3) is 0.433. The number of hydrogen-bond donors (Lipinski definition) is 2. The van der Waals surface area contributed by atoms with Gasteiger partial charge in [-0.2, -0.15) is 15.2 Å². The van der Waals surface area contributed by atoms with Crippen molar-refractivity contribution < 1.29 is 18.3 Å². The summed E-state index contributed by atoms with van der Waals surface area (Å²) in [7, 11) is 2.06. The summed E-state index contributed by atoms with van der Waals surface area (Å²) < 4.78 is 44.2. The molecule has 3 saturated heterocycles. The van der Waals surface area contributed by atoms with Crippen LogP contribution in [0.25, 0.3) is 32.1 Å². The van der Waals surface area contributed by atoms with Crippen molar-refractivity contribution in [1.82, 2.24) is 20.2 Å². The summed E-state index contributed by atoms with van der Waals surface area (Å²) in [6, 6.07) is 6.59. The predicted molar refractivity (Wildman–Crippen MR) is 164 cm³/mol. The number of nitrogens with one attached hydrogen (secondary N) is 1. The lowest BCUT2D eigenvalue weighted by atomic mass is 9.94. The number of morpholine rings is 1. The molecule has 0 amide bonds. The summed E-state index contributed by atoms with van der Waals surface area (Å²) >= 11 is 7.77. The van der Waals surface area contributed by atoms with Gasteiger partial charge < -0.3 is 25.4 Å². The van der Waals surface area contributed by atoms with Crippen LogP contribution in [0.4, 0.5) is 19.6 Å². The van der Waals surface area contributed by atoms with E-state index in [4.69, 9.17) is 31.8 Å². The number of anilines is 2. The van der Waals surface area contributed by atoms with E-state index in [1.165, 1.54) is 12.1 Å². The first-order valence-corrected chi connectivity index (χ1v) is 15.5. The molecule has 0 bridgehead atoms. The largest absolute Gasteiger partial charge is 0.459 e. The number of thiophene rings is 1. The van der Waals surface area contributed by atoms with E-state index in [0.717, 1.165) is 30.7 Å². The zero-order valence-corrected chi connectivity index (χ0v) is 25.3. The van der Waals surface area contributed by atoms with Crippen LogP contribution >= 0.6 is 22.9 Å². The van der Waals surface area contributed by atoms with Gasteiger partial charge in [-0.1, -0.05) is 17.7 Å². The minimum Gasteiger partial charge on any atom is -0.459 e. The molecule has 3 fully saturated rings. The van der Waals surface area contributed by atoms with Crippen LogP contribution in [0.2, 0.25) is 5.02 Å². The minimum absolute atomic E-state index is 0.00859. The molecule has 7 rings (SSSR count). The third-order valence-corrected chi connectivity index (χ3v) is 10.2. The predicted octanol–water partition coefficient (Wildman–Crippen LogP) is 4.94. The number of halogens is 3. The van der Waals surface area contributed by atoms with Crippen LogP contribution in [0.15, 0.2) is 18.2 Å². The molecule has 9 nitrogen and oxygen atoms in total. The third-order valence-electron chi connectivity index (χ3n) is 8.89. The Labute approximate surface area is 256 Å². The summed E-state index contributed by atoms with van der Waals surface area (Å²) in [5, 5.41) is 14.0. The van der Waals surface area contributed by atoms with Crippen LogP contribution in [0.1, 0.15) is 25.3 Å². The highest BCUT2D eigenvalue weighted by Crippen LogP contribution is 2.46. The van der Waals surface area contributed by atoms with Crippen molar-refractivity contribution in [2.45, 2.75) is 37.5 Å². The number of likely N-dealkylation sites (tertiary alicyclic amines) is 1. The van der Waals surface area contributed by atoms with Gasteiger partial charge in [-0.05, 0) is 51.1 Å². The van der Waals surface area contributed by atoms with Crippen LogP contribution in [0.3, 0.4) is 0 Å². The Kier molecular flexibility index (Phi) is 7.06. The molecule has 2 aromatic carbocycles. The van der Waals surface area contributed by atoms with E-state index in [1.54, 1.807) is 6.07 Å². The molecule has 2 aromatic heterocycles. The van der Waals surface area contributed by atoms with E-state index in [1.807, 2.05) is 13.0 Å². The Morgan fingerprint density at radius 3 is 2.81 bits per heavy atom. The zero-order valence-electron chi connectivity index (χ0n) is 23.7. The number of aromatic nitrogens is 2. The quantitative estimate of drug-likeness (QED) is 0.319. The van der Waals surface area contributed by atoms with Gasteiger partial charge in [-0.25, -0.2) is 8.78 Å². The number of nitriles is 1. The number of likely N-dealkylation sites (N-methyl/N-ethyl adjacent to an activating group) is 1. The molecule has 3 aliphatic heterocycles. The lowest BCUT2D eigenvalue weighted by Crippen LogP contribution is -2.69. The van der Waals surface area contributed by atoms with Crippen LogP contribution in [0, 0.1) is 23.0 Å². The topological polar surface area (TPSA) is 113 Å². The number of ether oxygens (including phenoxy) is 2. The number of nitrogens with zero attached hydrogens (tertiary/aromatic N) is 5. The van der Waals surface area contributed by atoms with E-state index in [9.17, 15) is 9.65 Å². The SMILES string of the molecule is C[C@H](Oc1nc(N2CCOC3(CNC3)C2)c2cc(Cl)c(-c3ccc(F)c4sc(N)c(C#N)c34)c(F)c2n1)[C@@H]1CCCN1C. The van der Waals surface area contributed by atoms with Crippen molar-refractivity contribution in [1.29, 1.82) is 5.26 Å². The van der Waals surface area contributed by atoms with Gasteiger partial charge >= 0.3 is 6.01 Å². The second-order valence-electron chi connectivity index (χ2n) is 11.6. The second-order valence-corrected chi connectivity index (χ2v) is 13.1. The Morgan fingerprint density at radius 2 is 2.12 bits per heavy atom. The first-order valence-electron chi connectivity index (χ1n) is 14.3. The summed E-state index contributed by atoms with van der Waals surface area (Å²) in [5.74, 6) is -0.751. The molecule has 3 N–H and O–H groups in total. The fourth-order valence-electron chi connectivity index (χ4n) is 6.63. The number of nitrogen functional groups attached to an aromatic ring is 1. The molecule has 0 radical (unpaired) electrons. The normalized spacial score (nSPS) is 20.9. The monoisotopic (exact) mass is 625 g/mol. The molecule has 3 aliphatic rings. The standard InChI is InChI=1S/C30H30ClF2N7O2S/c1-15(21-4-3-7-39(21)2)42-29-37-25-17(28(38-29)40-8-9-41-30(14-40)12-36-13-30)10-19(31)23(24(25)33)16-5-6-20(32)26-22(16)18(11-34)27(35)43-26/h5-6,10,15,21,36H,3-4,7-9,12-14,35H2,1-2H3/t15-,21-/m0/s1. The van der Waals surface area contributed by atoms with Gasteiger partial charge in [-0.15, -0.1) is 11.3 Å². The smallest absolute Gasteiger partial charge is 0.319 e. The van der Waals surface area contributed by atoms with Crippen molar-refractivity contribution in [2.24, 2.45) is 0 Å². The Bertz CT molecular complexity index is 1810. The molecule has 2 atom stereocenters. The number of benzene rings is 2. The lowest BCUT2D eigenvalue weighted by molar-refractivity contribution is -0.0883. The number of nitrogens with two attached hydrogens (primary N) is 1. The summed E-state index contributed by atoms with van der Waals surface area (Å²) in [6.45, 7) is 5.99. The molecular weight excluding hydrogens is 596 g/mol. The number of rotatable bonds is 5. The Morgan fingerprint density at radius 1 is 1.30 bits per heavy atom. The molecule has 0 aliphatic carbocycles. The molecule has 224 valence electrons. The number of hydrogen-bond acceptors (Lipinski definition) is 10. The van der Waals surface area contributed by atoms with Crippen molar-refractivity contribution in [3.8, 4) is 23.2 Å². The van der Waals surface area contributed by atoms with E-state index >= 15 is 4.39 Å². The van der Waals surface area contributed by atoms with Gasteiger partial charge in [0, 0.05) is 42.0 Å². The summed E-state index contributed by atoms with van der Waals surface area (Å²) in [5.41, 5.74) is 6.10. The van der Waals surface area contributed by atoms with Gasteiger partial charge in [0.1, 0.15) is 39.9 Å². The van der Waals surface area contributed by atoms with Gasteiger partial charge in [-0.3, -0.25) is 4.90 Å². The zero-order chi connectivity index (χ0) is 30.0. The molecule has 0 unspecified atom stereocenters. The van der Waals surface area contributed by atoms with Crippen molar-refractivity contribution in [3.63, 3.8) is 0 Å². The summed E-state index contributed by atoms with van der Waals surface area (Å²) in [4.78, 5) is 13.7. The first kappa shape index (κ1) is 28.4. The van der Waals surface area contributed by atoms with Crippen molar-refractivity contribution >= 4 is 54.7 Å². The maximum absolute atomic E-state index is 16.8. The van der Waals surface area contributed by atoms with Crippen molar-refractivity contribution in [3.05, 3.63) is 40.4 Å². The van der Waals surface area contributed by atoms with Gasteiger partial charge in [0.25, 0.3) is 0 Å². The maximum atomic E-state index is 16.8. The van der Waals surface area contributed by atoms with E-state index in [-0.39, 0.29) is 66.1 Å². The fourth-order valence-corrected chi connectivity index (χ4v) is 7.87. The van der Waals surface area contributed by atoms with Gasteiger partial charge in [0.15, 0.2) is 5.82 Å². The summed E-state index contributed by atoms with van der Waals surface area (Å²) in [6.07, 6.45) is 1.82. The molecule has 4 aromatic rings. The maximum Gasteiger partial charge on any atom is 0.319 e. The second kappa shape index (κ2) is 10.7. The molecular formula is C30H30ClF2N7O2S. The van der Waals surface area contributed by atoms with Gasteiger partial charge in [0.2, 0.25) is 0 Å². The van der Waals surface area contributed by atoms with E-state index in [0.29, 0.717) is 44.0 Å². The lowest BCUT2D eigenvalue weighted by Gasteiger charge is -2.49. The highest BCUT2D eigenvalue weighted by Gasteiger charge is 2.43. The minimum atomic E-state index is -0.712. The Balaban J connectivity index is 1.42. The molecule has 5 heterocycles. The van der Waals surface area contributed by atoms with E-state index < -0.39 is 11.6 Å². The van der Waals surface area contributed by atoms with E-state index in [2.05, 4.69) is 27.1 Å².